The molecule has 0 bridgehead atoms. The van der Waals surface area contributed by atoms with E-state index in [9.17, 15) is 43.9 Å². The molecule has 10 aromatic carbocycles. The van der Waals surface area contributed by atoms with Crippen LogP contribution in [0.25, 0.3) is 100 Å². The molecule has 10 aromatic rings. The smallest absolute Gasteiger partial charge is 0.200 e. The molecule has 0 aliphatic heterocycles. The number of benzene rings is 10. The van der Waals surface area contributed by atoms with Gasteiger partial charge in [0.05, 0.1) is 100 Å². The van der Waals surface area contributed by atoms with Crippen LogP contribution in [0.5, 0.6) is 0 Å². The van der Waals surface area contributed by atoms with Crippen molar-refractivity contribution >= 4 is 0 Å². The Labute approximate surface area is 528 Å². The predicted molar refractivity (Wildman–Crippen MR) is 254 cm³/mol. The first-order valence-electron chi connectivity index (χ1n) is 25.2. The standard InChI is InChI=1S/C60F42/c61-19-1(20(62)24(66)3(23(19)65)5-27(69)31(73)7(32(74)28(5)70)9-35(77)39(81)11(40(82)36(9)78)13-43(85)47(89)15(48(90)44(13)86)17-51(93)55(97)59(101)56(98)52(17)94)2-21(63)25(67)4(26(68)22(2)64)6-29(71)33(75)8(34(76)30(6)72)10-37(79)41(83)12(42(84)38(10)80)14-45(87)49(91)16(50(92)46(14)88)18-53(95)57(99)60(102)58(100)54(18)96. The molecule has 0 saturated carbocycles. The van der Waals surface area contributed by atoms with Gasteiger partial charge in [0.1, 0.15) is 0 Å². The highest BCUT2D eigenvalue weighted by Gasteiger charge is 2.46. The SMILES string of the molecule is Fc1c(F)c(F)c(-c2c(F)c(F)c(-c3c(F)c(F)c(-c4c(F)c(F)c(-c5c(F)c(F)c(-c6c(F)c(F)c(-c7c(F)c(F)c(-c8c(F)c(F)c(-c9c(F)c(F)c(-c%10c(F)c(F)c(F)c(F)c%10F)c(F)c9F)c(F)c8F)c(F)c7F)c(F)c6F)c(F)c5F)c(F)c4F)c(F)c3F)c(F)c2F)c(F)c1F. The van der Waals surface area contributed by atoms with Crippen LogP contribution in [0.15, 0.2) is 0 Å². The van der Waals surface area contributed by atoms with E-state index in [0.717, 1.165) is 0 Å². The van der Waals surface area contributed by atoms with E-state index in [1.54, 1.807) is 0 Å². The highest BCUT2D eigenvalue weighted by atomic mass is 19.2. The molecule has 0 radical (unpaired) electrons. The van der Waals surface area contributed by atoms with E-state index in [4.69, 9.17) is 0 Å². The summed E-state index contributed by atoms with van der Waals surface area (Å²) in [5.74, 6) is -148. The molecule has 0 amide bonds. The Morgan fingerprint density at radius 2 is 0.0784 bits per heavy atom. The molecule has 0 aliphatic rings. The van der Waals surface area contributed by atoms with Crippen molar-refractivity contribution in [2.75, 3.05) is 0 Å². The summed E-state index contributed by atoms with van der Waals surface area (Å²) in [7, 11) is 0. The summed E-state index contributed by atoms with van der Waals surface area (Å²) in [6.07, 6.45) is 0. The summed E-state index contributed by atoms with van der Waals surface area (Å²) in [6, 6.07) is 0. The van der Waals surface area contributed by atoms with Crippen LogP contribution < -0.4 is 0 Å². The Kier molecular flexibility index (Phi) is 18.2. The normalized spacial score (nSPS) is 11.8. The lowest BCUT2D eigenvalue weighted by Gasteiger charge is -2.19. The predicted octanol–water partition coefficient (Wildman–Crippen LogP) is 22.5. The Morgan fingerprint density at radius 3 is 0.127 bits per heavy atom. The molecule has 0 nitrogen and oxygen atoms in total. The molecule has 0 unspecified atom stereocenters. The van der Waals surface area contributed by atoms with E-state index < -0.39 is 344 Å². The third-order valence-electron chi connectivity index (χ3n) is 14.8. The van der Waals surface area contributed by atoms with Crippen LogP contribution in [-0.4, -0.2) is 0 Å². The lowest BCUT2D eigenvalue weighted by atomic mass is 9.90. The van der Waals surface area contributed by atoms with Crippen LogP contribution >= 0.6 is 0 Å². The van der Waals surface area contributed by atoms with Crippen LogP contribution in [0.3, 0.4) is 0 Å². The number of rotatable bonds is 9. The molecule has 0 spiro atoms. The molecule has 0 heterocycles. The molecule has 0 N–H and O–H groups in total. The molecule has 10 rings (SSSR count). The number of halogens is 42. The maximum absolute atomic E-state index is 15.9. The number of hydrogen-bond acceptors (Lipinski definition) is 0. The zero-order chi connectivity index (χ0) is 76.6. The highest BCUT2D eigenvalue weighted by molar-refractivity contribution is 5.84. The lowest BCUT2D eigenvalue weighted by Crippen LogP contribution is -2.14. The molecule has 0 aromatic heterocycles. The Morgan fingerprint density at radius 1 is 0.0490 bits per heavy atom. The van der Waals surface area contributed by atoms with E-state index in [0.29, 0.717) is 0 Å². The summed E-state index contributed by atoms with van der Waals surface area (Å²) in [6.45, 7) is 0. The van der Waals surface area contributed by atoms with Gasteiger partial charge in [-0.3, -0.25) is 0 Å². The fourth-order valence-electron chi connectivity index (χ4n) is 10.2. The van der Waals surface area contributed by atoms with Crippen molar-refractivity contribution in [3.63, 3.8) is 0 Å². The average molecular weight is 1520 g/mol. The molecule has 42 heteroatoms. The second-order valence-corrected chi connectivity index (χ2v) is 19.9. The Bertz CT molecular complexity index is 4910. The maximum Gasteiger partial charge on any atom is 0.200 e. The maximum atomic E-state index is 15.9. The zero-order valence-electron chi connectivity index (χ0n) is 45.9. The van der Waals surface area contributed by atoms with Crippen molar-refractivity contribution in [2.45, 2.75) is 0 Å². The minimum atomic E-state index is -3.75. The van der Waals surface area contributed by atoms with Gasteiger partial charge in [-0.2, -0.15) is 0 Å². The minimum Gasteiger partial charge on any atom is -0.203 e. The summed E-state index contributed by atoms with van der Waals surface area (Å²) in [4.78, 5) is 0. The Balaban J connectivity index is 1.07. The largest absolute Gasteiger partial charge is 0.203 e. The summed E-state index contributed by atoms with van der Waals surface area (Å²) in [5, 5.41) is 0. The monoisotopic (exact) mass is 1520 g/mol. The Hall–Kier alpha value is -10.7. The van der Waals surface area contributed by atoms with Gasteiger partial charge < -0.3 is 0 Å². The van der Waals surface area contributed by atoms with Crippen molar-refractivity contribution in [1.82, 2.24) is 0 Å². The lowest BCUT2D eigenvalue weighted by molar-refractivity contribution is 0.379. The molecule has 0 aliphatic carbocycles. The average Bonchev–Trinajstić information content (AvgIpc) is 0.732. The van der Waals surface area contributed by atoms with Gasteiger partial charge in [0.25, 0.3) is 0 Å². The topological polar surface area (TPSA) is 0 Å². The number of hydrogen-bond donors (Lipinski definition) is 0. The molecule has 102 heavy (non-hydrogen) atoms. The molecule has 0 saturated heterocycles. The third kappa shape index (κ3) is 9.88. The quantitative estimate of drug-likeness (QED) is 0.0768. The summed E-state index contributed by atoms with van der Waals surface area (Å²) >= 11 is 0. The van der Waals surface area contributed by atoms with Crippen molar-refractivity contribution in [3.8, 4) is 100 Å². The second-order valence-electron chi connectivity index (χ2n) is 19.9. The van der Waals surface area contributed by atoms with Crippen LogP contribution in [0.1, 0.15) is 0 Å². The van der Waals surface area contributed by atoms with E-state index in [1.807, 2.05) is 0 Å². The summed E-state index contributed by atoms with van der Waals surface area (Å²) < 4.78 is 642. The van der Waals surface area contributed by atoms with Crippen LogP contribution in [0.4, 0.5) is 184 Å². The van der Waals surface area contributed by atoms with Gasteiger partial charge in [-0.15, -0.1) is 0 Å². The van der Waals surface area contributed by atoms with Crippen molar-refractivity contribution in [3.05, 3.63) is 244 Å². The van der Waals surface area contributed by atoms with Gasteiger partial charge in [0, 0.05) is 0 Å². The van der Waals surface area contributed by atoms with Gasteiger partial charge in [0.15, 0.2) is 233 Å². The van der Waals surface area contributed by atoms with Crippen molar-refractivity contribution in [1.29, 1.82) is 0 Å². The third-order valence-corrected chi connectivity index (χ3v) is 14.8. The molecule has 0 atom stereocenters. The zero-order valence-corrected chi connectivity index (χ0v) is 45.9. The van der Waals surface area contributed by atoms with Gasteiger partial charge in [-0.05, 0) is 0 Å². The molecule has 534 valence electrons. The molecular weight excluding hydrogens is 1520 g/mol. The van der Waals surface area contributed by atoms with E-state index in [-0.39, 0.29) is 0 Å². The molecule has 0 fully saturated rings. The van der Waals surface area contributed by atoms with Crippen LogP contribution in [0.2, 0.25) is 0 Å². The fourth-order valence-corrected chi connectivity index (χ4v) is 10.2. The van der Waals surface area contributed by atoms with E-state index in [1.165, 1.54) is 0 Å². The summed E-state index contributed by atoms with van der Waals surface area (Å²) in [5.41, 5.74) is -57.5. The second kappa shape index (κ2) is 25.1. The van der Waals surface area contributed by atoms with Gasteiger partial charge in [0.2, 0.25) is 11.6 Å². The van der Waals surface area contributed by atoms with E-state index >= 15 is 140 Å². The fraction of sp³-hybridized carbons (Fsp3) is 0. The highest BCUT2D eigenvalue weighted by Crippen LogP contribution is 2.52. The minimum absolute atomic E-state index is 2.88. The first-order chi connectivity index (χ1) is 47.2. The van der Waals surface area contributed by atoms with Crippen molar-refractivity contribution < 1.29 is 184 Å². The first kappa shape index (κ1) is 74.0. The van der Waals surface area contributed by atoms with Gasteiger partial charge in [-0.1, -0.05) is 0 Å². The van der Waals surface area contributed by atoms with E-state index in [2.05, 4.69) is 0 Å². The first-order valence-corrected chi connectivity index (χ1v) is 25.2. The van der Waals surface area contributed by atoms with Gasteiger partial charge >= 0.3 is 0 Å². The molecular formula is C60F42. The van der Waals surface area contributed by atoms with Crippen LogP contribution in [-0.2, 0) is 0 Å². The van der Waals surface area contributed by atoms with Crippen LogP contribution in [0, 0.1) is 244 Å². The van der Waals surface area contributed by atoms with Gasteiger partial charge in [-0.25, -0.2) is 184 Å². The van der Waals surface area contributed by atoms with Crippen molar-refractivity contribution in [2.24, 2.45) is 0 Å².